The number of amides is 1. The highest BCUT2D eigenvalue weighted by molar-refractivity contribution is 6.29. The number of aliphatic hydroxyl groups excluding tert-OH is 1. The monoisotopic (exact) mass is 434 g/mol. The number of nitrogens with zero attached hydrogens (tertiary/aromatic N) is 2. The molecule has 1 aromatic carbocycles. The molecule has 0 aromatic heterocycles. The van der Waals surface area contributed by atoms with Crippen molar-refractivity contribution in [2.45, 2.75) is 41.0 Å². The summed E-state index contributed by atoms with van der Waals surface area (Å²) in [6, 6.07) is 7.78. The van der Waals surface area contributed by atoms with Crippen molar-refractivity contribution >= 4 is 29.2 Å². The first-order valence-electron chi connectivity index (χ1n) is 10.8. The van der Waals surface area contributed by atoms with Gasteiger partial charge in [-0.15, -0.1) is 0 Å². The molecule has 1 N–H and O–H groups in total. The summed E-state index contributed by atoms with van der Waals surface area (Å²) in [5.74, 6) is -0.674. The Labute approximate surface area is 191 Å². The van der Waals surface area contributed by atoms with E-state index in [1.807, 2.05) is 56.3 Å². The SMILES string of the molecule is CC/C=C(/C)C(=NC(=O)C(C)C)/C(=C/C=C/C(=NC)c1ccc(/C=C/CO)cc1)C(C)=O. The third-order valence-corrected chi connectivity index (χ3v) is 4.61. The van der Waals surface area contributed by atoms with E-state index in [1.165, 1.54) is 6.92 Å². The number of rotatable bonds is 10. The summed E-state index contributed by atoms with van der Waals surface area (Å²) in [4.78, 5) is 33.3. The van der Waals surface area contributed by atoms with Gasteiger partial charge in [0.05, 0.1) is 18.0 Å². The van der Waals surface area contributed by atoms with Crippen molar-refractivity contribution in [2.24, 2.45) is 15.9 Å². The maximum absolute atomic E-state index is 12.4. The van der Waals surface area contributed by atoms with Gasteiger partial charge >= 0.3 is 0 Å². The zero-order chi connectivity index (χ0) is 24.1. The number of ketones is 1. The van der Waals surface area contributed by atoms with Crippen molar-refractivity contribution in [3.8, 4) is 0 Å². The van der Waals surface area contributed by atoms with Gasteiger partial charge in [-0.2, -0.15) is 0 Å². The Hall–Kier alpha value is -3.18. The number of carbonyl (C=O) groups is 2. The number of Topliss-reactive ketones (excluding diaryl/α,β-unsaturated/α-hetero) is 1. The van der Waals surface area contributed by atoms with Gasteiger partial charge in [0.25, 0.3) is 0 Å². The van der Waals surface area contributed by atoms with Crippen molar-refractivity contribution in [3.05, 3.63) is 76.9 Å². The number of aliphatic hydroxyl groups is 1. The molecule has 0 aliphatic rings. The Bertz CT molecular complexity index is 973. The molecule has 0 heterocycles. The molecule has 1 rings (SSSR count). The Kier molecular flexibility index (Phi) is 11.7. The number of carbonyl (C=O) groups excluding carboxylic acids is 2. The Morgan fingerprint density at radius 2 is 1.78 bits per heavy atom. The minimum absolute atomic E-state index is 0.00203. The average Bonchev–Trinajstić information content (AvgIpc) is 2.76. The fourth-order valence-corrected chi connectivity index (χ4v) is 2.86. The molecule has 0 unspecified atom stereocenters. The van der Waals surface area contributed by atoms with Crippen molar-refractivity contribution in [1.29, 1.82) is 0 Å². The topological polar surface area (TPSA) is 79.1 Å². The molecular formula is C27H34N2O3. The van der Waals surface area contributed by atoms with E-state index in [0.717, 1.165) is 28.8 Å². The lowest BCUT2D eigenvalue weighted by atomic mass is 9.98. The van der Waals surface area contributed by atoms with Gasteiger partial charge in [-0.25, -0.2) is 4.99 Å². The summed E-state index contributed by atoms with van der Waals surface area (Å²) in [6.45, 7) is 8.90. The van der Waals surface area contributed by atoms with Gasteiger partial charge < -0.3 is 5.11 Å². The minimum Gasteiger partial charge on any atom is -0.392 e. The van der Waals surface area contributed by atoms with Crippen LogP contribution in [0.1, 0.15) is 52.2 Å². The third kappa shape index (κ3) is 8.52. The molecule has 0 spiro atoms. The van der Waals surface area contributed by atoms with Crippen LogP contribution in [0.15, 0.2) is 75.8 Å². The van der Waals surface area contributed by atoms with Crippen LogP contribution in [0.3, 0.4) is 0 Å². The van der Waals surface area contributed by atoms with Crippen molar-refractivity contribution < 1.29 is 14.7 Å². The molecule has 0 radical (unpaired) electrons. The summed E-state index contributed by atoms with van der Waals surface area (Å²) in [7, 11) is 1.71. The van der Waals surface area contributed by atoms with Crippen molar-refractivity contribution in [1.82, 2.24) is 0 Å². The lowest BCUT2D eigenvalue weighted by molar-refractivity contribution is -0.120. The molecule has 0 bridgehead atoms. The van der Waals surface area contributed by atoms with E-state index in [2.05, 4.69) is 9.98 Å². The molecule has 1 aromatic rings. The van der Waals surface area contributed by atoms with Crippen LogP contribution in [-0.2, 0) is 9.59 Å². The Balaban J connectivity index is 3.31. The normalized spacial score (nSPS) is 14.1. The van der Waals surface area contributed by atoms with Crippen molar-refractivity contribution in [2.75, 3.05) is 13.7 Å². The Morgan fingerprint density at radius 3 is 2.28 bits per heavy atom. The maximum Gasteiger partial charge on any atom is 0.248 e. The van der Waals surface area contributed by atoms with Crippen molar-refractivity contribution in [3.63, 3.8) is 0 Å². The standard InChI is InChI=1S/C27H34N2O3/c1-7-10-20(4)26(29-27(32)19(2)3)24(21(5)31)12-8-13-25(28-6)23-16-14-22(15-17-23)11-9-18-30/h8-17,19,30H,7,18H2,1-6H3/b11-9+,13-8+,20-10-,24-12+,28-25?,29-26?. The van der Waals surface area contributed by atoms with Crippen LogP contribution in [0.25, 0.3) is 6.08 Å². The van der Waals surface area contributed by atoms with Crippen LogP contribution >= 0.6 is 0 Å². The summed E-state index contributed by atoms with van der Waals surface area (Å²) in [6.07, 6.45) is 11.5. The van der Waals surface area contributed by atoms with E-state index in [1.54, 1.807) is 39.1 Å². The van der Waals surface area contributed by atoms with Gasteiger partial charge in [-0.1, -0.05) is 69.3 Å². The van der Waals surface area contributed by atoms with Crippen LogP contribution in [0.4, 0.5) is 0 Å². The predicted octanol–water partition coefficient (Wildman–Crippen LogP) is 5.16. The predicted molar refractivity (Wildman–Crippen MR) is 134 cm³/mol. The lowest BCUT2D eigenvalue weighted by Crippen LogP contribution is -2.16. The summed E-state index contributed by atoms with van der Waals surface area (Å²) >= 11 is 0. The molecule has 5 heteroatoms. The average molecular weight is 435 g/mol. The fourth-order valence-electron chi connectivity index (χ4n) is 2.86. The first kappa shape index (κ1) is 26.9. The summed E-state index contributed by atoms with van der Waals surface area (Å²) < 4.78 is 0. The van der Waals surface area contributed by atoms with E-state index >= 15 is 0 Å². The summed E-state index contributed by atoms with van der Waals surface area (Å²) in [5, 5.41) is 8.89. The van der Waals surface area contributed by atoms with Crippen LogP contribution in [-0.4, -0.2) is 41.9 Å². The first-order chi connectivity index (χ1) is 15.2. The summed E-state index contributed by atoms with van der Waals surface area (Å²) in [5.41, 5.74) is 4.25. The van der Waals surface area contributed by atoms with E-state index in [-0.39, 0.29) is 24.2 Å². The van der Waals surface area contributed by atoms with Crippen LogP contribution in [0.2, 0.25) is 0 Å². The quantitative estimate of drug-likeness (QED) is 0.314. The molecule has 0 aliphatic heterocycles. The number of benzene rings is 1. The van der Waals surface area contributed by atoms with Gasteiger partial charge in [-0.3, -0.25) is 14.6 Å². The molecule has 170 valence electrons. The largest absolute Gasteiger partial charge is 0.392 e. The van der Waals surface area contributed by atoms with Gasteiger partial charge in [0.1, 0.15) is 0 Å². The van der Waals surface area contributed by atoms with Gasteiger partial charge in [-0.05, 0) is 49.1 Å². The Morgan fingerprint density at radius 1 is 1.12 bits per heavy atom. The number of allylic oxidation sites excluding steroid dienone is 6. The van der Waals surface area contributed by atoms with Gasteiger partial charge in [0.2, 0.25) is 5.91 Å². The van der Waals surface area contributed by atoms with E-state index in [0.29, 0.717) is 11.3 Å². The highest BCUT2D eigenvalue weighted by Gasteiger charge is 2.16. The molecular weight excluding hydrogens is 400 g/mol. The van der Waals surface area contributed by atoms with Crippen LogP contribution in [0, 0.1) is 5.92 Å². The molecule has 0 saturated heterocycles. The van der Waals surface area contributed by atoms with Gasteiger partial charge in [0, 0.05) is 18.5 Å². The molecule has 0 saturated carbocycles. The van der Waals surface area contributed by atoms with E-state index in [4.69, 9.17) is 5.11 Å². The minimum atomic E-state index is -0.258. The number of aliphatic imine (C=N–C) groups is 2. The zero-order valence-corrected chi connectivity index (χ0v) is 19.9. The second kappa shape index (κ2) is 14.0. The fraction of sp³-hybridized carbons (Fsp3) is 0.333. The number of hydrogen-bond donors (Lipinski definition) is 1. The third-order valence-electron chi connectivity index (χ3n) is 4.61. The molecule has 0 fully saturated rings. The smallest absolute Gasteiger partial charge is 0.248 e. The maximum atomic E-state index is 12.4. The highest BCUT2D eigenvalue weighted by Crippen LogP contribution is 2.14. The van der Waals surface area contributed by atoms with E-state index < -0.39 is 0 Å². The molecule has 0 aliphatic carbocycles. The second-order valence-corrected chi connectivity index (χ2v) is 7.56. The molecule has 0 atom stereocenters. The molecule has 32 heavy (non-hydrogen) atoms. The lowest BCUT2D eigenvalue weighted by Gasteiger charge is -2.10. The molecule has 5 nitrogen and oxygen atoms in total. The van der Waals surface area contributed by atoms with Gasteiger partial charge in [0.15, 0.2) is 5.78 Å². The van der Waals surface area contributed by atoms with E-state index in [9.17, 15) is 9.59 Å². The highest BCUT2D eigenvalue weighted by atomic mass is 16.2. The molecule has 1 amide bonds. The second-order valence-electron chi connectivity index (χ2n) is 7.56. The zero-order valence-electron chi connectivity index (χ0n) is 19.9. The number of hydrogen-bond acceptors (Lipinski definition) is 4. The van der Waals surface area contributed by atoms with Crippen LogP contribution < -0.4 is 0 Å². The van der Waals surface area contributed by atoms with Crippen LogP contribution in [0.5, 0.6) is 0 Å². The first-order valence-corrected chi connectivity index (χ1v) is 10.8.